The Labute approximate surface area is 167 Å². The van der Waals surface area contributed by atoms with Crippen LogP contribution in [0, 0.1) is 0 Å². The SMILES string of the molecule is C=CCNC(=NCc1ccc(S(=O)(=O)NCCOC)cc1)NCC.I. The molecule has 0 aliphatic rings. The molecule has 0 saturated carbocycles. The van der Waals surface area contributed by atoms with Crippen molar-refractivity contribution in [2.24, 2.45) is 4.99 Å². The fourth-order valence-electron chi connectivity index (χ4n) is 1.82. The summed E-state index contributed by atoms with van der Waals surface area (Å²) in [5.41, 5.74) is 0.918. The third kappa shape index (κ3) is 9.19. The van der Waals surface area contributed by atoms with E-state index in [4.69, 9.17) is 4.74 Å². The zero-order chi connectivity index (χ0) is 17.8. The highest BCUT2D eigenvalue weighted by Gasteiger charge is 2.12. The maximum Gasteiger partial charge on any atom is 0.240 e. The van der Waals surface area contributed by atoms with Crippen molar-refractivity contribution < 1.29 is 13.2 Å². The van der Waals surface area contributed by atoms with Crippen LogP contribution in [-0.2, 0) is 21.3 Å². The Balaban J connectivity index is 0.00000576. The summed E-state index contributed by atoms with van der Waals surface area (Å²) in [5, 5.41) is 6.23. The molecule has 0 spiro atoms. The van der Waals surface area contributed by atoms with Crippen LogP contribution in [0.3, 0.4) is 0 Å². The average Bonchev–Trinajstić information content (AvgIpc) is 2.58. The number of ether oxygens (including phenoxy) is 1. The lowest BCUT2D eigenvalue weighted by Crippen LogP contribution is -2.37. The summed E-state index contributed by atoms with van der Waals surface area (Å²) >= 11 is 0. The molecule has 0 heterocycles. The number of hydrogen-bond acceptors (Lipinski definition) is 4. The van der Waals surface area contributed by atoms with E-state index in [1.165, 1.54) is 7.11 Å². The van der Waals surface area contributed by atoms with Crippen molar-refractivity contribution in [3.8, 4) is 0 Å². The van der Waals surface area contributed by atoms with Gasteiger partial charge >= 0.3 is 0 Å². The van der Waals surface area contributed by atoms with E-state index < -0.39 is 10.0 Å². The van der Waals surface area contributed by atoms with Crippen LogP contribution in [0.1, 0.15) is 12.5 Å². The van der Waals surface area contributed by atoms with Gasteiger partial charge in [0.2, 0.25) is 10.0 Å². The average molecular weight is 482 g/mol. The molecular formula is C16H27IN4O3S. The van der Waals surface area contributed by atoms with Crippen molar-refractivity contribution in [3.63, 3.8) is 0 Å². The third-order valence-corrected chi connectivity index (χ3v) is 4.49. The first-order chi connectivity index (χ1) is 11.5. The number of nitrogens with zero attached hydrogens (tertiary/aromatic N) is 1. The van der Waals surface area contributed by atoms with Gasteiger partial charge in [0.15, 0.2) is 5.96 Å². The van der Waals surface area contributed by atoms with Crippen molar-refractivity contribution in [2.75, 3.05) is 33.4 Å². The number of guanidine groups is 1. The second-order valence-electron chi connectivity index (χ2n) is 4.90. The van der Waals surface area contributed by atoms with Crippen LogP contribution < -0.4 is 15.4 Å². The first-order valence-corrected chi connectivity index (χ1v) is 9.22. The van der Waals surface area contributed by atoms with E-state index in [0.717, 1.165) is 12.1 Å². The number of rotatable bonds is 10. The minimum Gasteiger partial charge on any atom is -0.383 e. The molecule has 1 aromatic rings. The van der Waals surface area contributed by atoms with Gasteiger partial charge < -0.3 is 15.4 Å². The van der Waals surface area contributed by atoms with Gasteiger partial charge in [0.1, 0.15) is 0 Å². The van der Waals surface area contributed by atoms with E-state index in [-0.39, 0.29) is 35.4 Å². The summed E-state index contributed by atoms with van der Waals surface area (Å²) in [5.74, 6) is 0.690. The molecule has 0 saturated heterocycles. The van der Waals surface area contributed by atoms with E-state index >= 15 is 0 Å². The van der Waals surface area contributed by atoms with E-state index in [9.17, 15) is 8.42 Å². The van der Waals surface area contributed by atoms with Gasteiger partial charge in [-0.05, 0) is 24.6 Å². The molecule has 0 unspecified atom stereocenters. The highest BCUT2D eigenvalue weighted by atomic mass is 127. The van der Waals surface area contributed by atoms with E-state index in [0.29, 0.717) is 25.7 Å². The number of benzene rings is 1. The summed E-state index contributed by atoms with van der Waals surface area (Å²) in [6, 6.07) is 6.66. The third-order valence-electron chi connectivity index (χ3n) is 3.01. The number of halogens is 1. The number of nitrogens with one attached hydrogen (secondary N) is 3. The van der Waals surface area contributed by atoms with Crippen molar-refractivity contribution >= 4 is 40.0 Å². The van der Waals surface area contributed by atoms with Gasteiger partial charge in [-0.2, -0.15) is 0 Å². The highest BCUT2D eigenvalue weighted by molar-refractivity contribution is 14.0. The van der Waals surface area contributed by atoms with Crippen molar-refractivity contribution in [1.29, 1.82) is 0 Å². The Morgan fingerprint density at radius 2 is 1.96 bits per heavy atom. The molecule has 9 heteroatoms. The standard InChI is InChI=1S/C16H26N4O3S.HI/c1-4-10-18-16(17-5-2)19-13-14-6-8-15(9-7-14)24(21,22)20-11-12-23-3;/h4,6-9,20H,1,5,10-13H2,2-3H3,(H2,17,18,19);1H. The van der Waals surface area contributed by atoms with E-state index in [1.807, 2.05) is 6.92 Å². The topological polar surface area (TPSA) is 91.8 Å². The van der Waals surface area contributed by atoms with Crippen molar-refractivity contribution in [2.45, 2.75) is 18.4 Å². The lowest BCUT2D eigenvalue weighted by atomic mass is 10.2. The number of aliphatic imine (C=N–C) groups is 1. The Morgan fingerprint density at radius 3 is 2.52 bits per heavy atom. The van der Waals surface area contributed by atoms with Gasteiger partial charge in [-0.15, -0.1) is 30.6 Å². The molecule has 1 rings (SSSR count). The summed E-state index contributed by atoms with van der Waals surface area (Å²) in [4.78, 5) is 4.66. The second kappa shape index (κ2) is 13.1. The maximum atomic E-state index is 12.1. The fraction of sp³-hybridized carbons (Fsp3) is 0.438. The van der Waals surface area contributed by atoms with Crippen molar-refractivity contribution in [1.82, 2.24) is 15.4 Å². The molecule has 0 bridgehead atoms. The highest BCUT2D eigenvalue weighted by Crippen LogP contribution is 2.11. The van der Waals surface area contributed by atoms with Gasteiger partial charge in [0, 0.05) is 26.7 Å². The molecule has 0 aliphatic carbocycles. The maximum absolute atomic E-state index is 12.1. The zero-order valence-corrected chi connectivity index (χ0v) is 17.8. The Bertz CT molecular complexity index is 633. The first-order valence-electron chi connectivity index (χ1n) is 7.74. The van der Waals surface area contributed by atoms with Crippen LogP contribution >= 0.6 is 24.0 Å². The molecule has 25 heavy (non-hydrogen) atoms. The lowest BCUT2D eigenvalue weighted by Gasteiger charge is -2.10. The predicted molar refractivity (Wildman–Crippen MR) is 112 cm³/mol. The summed E-state index contributed by atoms with van der Waals surface area (Å²) in [6.45, 7) is 8.04. The molecule has 0 aliphatic heterocycles. The molecule has 3 N–H and O–H groups in total. The van der Waals surface area contributed by atoms with E-state index in [1.54, 1.807) is 30.3 Å². The van der Waals surface area contributed by atoms with Crippen LogP contribution in [0.25, 0.3) is 0 Å². The van der Waals surface area contributed by atoms with Crippen LogP contribution in [0.15, 0.2) is 46.8 Å². The van der Waals surface area contributed by atoms with Crippen LogP contribution in [0.2, 0.25) is 0 Å². The molecule has 1 aromatic carbocycles. The summed E-state index contributed by atoms with van der Waals surface area (Å²) in [6.07, 6.45) is 1.75. The minimum absolute atomic E-state index is 0. The molecule has 0 atom stereocenters. The molecule has 142 valence electrons. The van der Waals surface area contributed by atoms with Gasteiger partial charge in [-0.1, -0.05) is 18.2 Å². The van der Waals surface area contributed by atoms with Gasteiger partial charge in [-0.3, -0.25) is 0 Å². The number of sulfonamides is 1. The van der Waals surface area contributed by atoms with Gasteiger partial charge in [0.25, 0.3) is 0 Å². The lowest BCUT2D eigenvalue weighted by molar-refractivity contribution is 0.204. The predicted octanol–water partition coefficient (Wildman–Crippen LogP) is 1.47. The van der Waals surface area contributed by atoms with Crippen LogP contribution in [0.5, 0.6) is 0 Å². The molecule has 7 nitrogen and oxygen atoms in total. The van der Waals surface area contributed by atoms with Gasteiger partial charge in [0.05, 0.1) is 18.0 Å². The second-order valence-corrected chi connectivity index (χ2v) is 6.67. The Hall–Kier alpha value is -1.17. The van der Waals surface area contributed by atoms with E-state index in [2.05, 4.69) is 26.9 Å². The number of hydrogen-bond donors (Lipinski definition) is 3. The molecule has 0 aromatic heterocycles. The quantitative estimate of drug-likeness (QED) is 0.155. The van der Waals surface area contributed by atoms with Crippen LogP contribution in [0.4, 0.5) is 0 Å². The molecule has 0 radical (unpaired) electrons. The molecule has 0 fully saturated rings. The molecule has 0 amide bonds. The largest absolute Gasteiger partial charge is 0.383 e. The Morgan fingerprint density at radius 1 is 1.28 bits per heavy atom. The summed E-state index contributed by atoms with van der Waals surface area (Å²) < 4.78 is 31.4. The minimum atomic E-state index is -3.50. The monoisotopic (exact) mass is 482 g/mol. The van der Waals surface area contributed by atoms with Crippen LogP contribution in [-0.4, -0.2) is 47.7 Å². The Kier molecular flexibility index (Phi) is 12.5. The summed E-state index contributed by atoms with van der Waals surface area (Å²) in [7, 11) is -1.98. The molecular weight excluding hydrogens is 455 g/mol. The number of methoxy groups -OCH3 is 1. The zero-order valence-electron chi connectivity index (χ0n) is 14.6. The fourth-order valence-corrected chi connectivity index (χ4v) is 2.83. The normalized spacial score (nSPS) is 11.5. The van der Waals surface area contributed by atoms with Crippen molar-refractivity contribution in [3.05, 3.63) is 42.5 Å². The van der Waals surface area contributed by atoms with Gasteiger partial charge in [-0.25, -0.2) is 18.1 Å². The first kappa shape index (κ1) is 23.8. The smallest absolute Gasteiger partial charge is 0.240 e.